The maximum absolute atomic E-state index is 13.0. The van der Waals surface area contributed by atoms with Gasteiger partial charge in [0.15, 0.2) is 5.69 Å². The summed E-state index contributed by atoms with van der Waals surface area (Å²) in [5, 5.41) is 13.6. The first kappa shape index (κ1) is 17.5. The third-order valence-electron chi connectivity index (χ3n) is 4.31. The van der Waals surface area contributed by atoms with Crippen LogP contribution in [0.1, 0.15) is 46.5 Å². The SMILES string of the molecule is Cc1cc(C(F)(F)F)n(C[C@H](C)CNC(=O)c2n[nH]c3c2CCC3)n1. The number of carbonyl (C=O) groups excluding carboxylic acids is 1. The second kappa shape index (κ2) is 6.53. The Kier molecular flexibility index (Phi) is 4.57. The normalized spacial score (nSPS) is 15.2. The number of nitrogens with one attached hydrogen (secondary N) is 2. The first-order chi connectivity index (χ1) is 11.8. The lowest BCUT2D eigenvalue weighted by Crippen LogP contribution is -2.31. The Balaban J connectivity index is 1.60. The summed E-state index contributed by atoms with van der Waals surface area (Å²) >= 11 is 0. The molecule has 0 saturated carbocycles. The fourth-order valence-corrected chi connectivity index (χ4v) is 3.13. The van der Waals surface area contributed by atoms with E-state index in [2.05, 4.69) is 20.6 Å². The zero-order chi connectivity index (χ0) is 18.2. The Morgan fingerprint density at radius 2 is 2.20 bits per heavy atom. The van der Waals surface area contributed by atoms with Crippen LogP contribution in [0.5, 0.6) is 0 Å². The van der Waals surface area contributed by atoms with Crippen molar-refractivity contribution in [3.05, 3.63) is 34.4 Å². The summed E-state index contributed by atoms with van der Waals surface area (Å²) in [5.41, 5.74) is 1.89. The van der Waals surface area contributed by atoms with Gasteiger partial charge in [-0.2, -0.15) is 23.4 Å². The number of hydrogen-bond donors (Lipinski definition) is 2. The largest absolute Gasteiger partial charge is 0.433 e. The van der Waals surface area contributed by atoms with Gasteiger partial charge in [-0.1, -0.05) is 6.92 Å². The number of alkyl halides is 3. The molecule has 25 heavy (non-hydrogen) atoms. The molecule has 2 aromatic heterocycles. The van der Waals surface area contributed by atoms with Crippen molar-refractivity contribution in [2.75, 3.05) is 6.54 Å². The van der Waals surface area contributed by atoms with E-state index in [1.807, 2.05) is 0 Å². The van der Waals surface area contributed by atoms with E-state index in [9.17, 15) is 18.0 Å². The molecule has 1 aliphatic carbocycles. The van der Waals surface area contributed by atoms with Crippen molar-refractivity contribution < 1.29 is 18.0 Å². The Morgan fingerprint density at radius 1 is 1.44 bits per heavy atom. The minimum atomic E-state index is -4.44. The summed E-state index contributed by atoms with van der Waals surface area (Å²) in [5.74, 6) is -0.504. The summed E-state index contributed by atoms with van der Waals surface area (Å²) in [6.45, 7) is 3.61. The Morgan fingerprint density at radius 3 is 2.92 bits per heavy atom. The van der Waals surface area contributed by atoms with Crippen LogP contribution in [0.15, 0.2) is 6.07 Å². The van der Waals surface area contributed by atoms with Gasteiger partial charge in [-0.05, 0) is 38.2 Å². The first-order valence-electron chi connectivity index (χ1n) is 8.21. The van der Waals surface area contributed by atoms with Crippen LogP contribution in [0.2, 0.25) is 0 Å². The molecule has 2 aromatic rings. The van der Waals surface area contributed by atoms with E-state index in [0.29, 0.717) is 11.4 Å². The molecule has 1 amide bonds. The van der Waals surface area contributed by atoms with Crippen LogP contribution in [-0.4, -0.2) is 32.4 Å². The van der Waals surface area contributed by atoms with Gasteiger partial charge in [0.2, 0.25) is 0 Å². The molecule has 136 valence electrons. The average Bonchev–Trinajstić information content (AvgIpc) is 3.19. The lowest BCUT2D eigenvalue weighted by molar-refractivity contribution is -0.144. The molecule has 0 saturated heterocycles. The second-order valence-corrected chi connectivity index (χ2v) is 6.55. The first-order valence-corrected chi connectivity index (χ1v) is 8.21. The number of H-pyrrole nitrogens is 1. The highest BCUT2D eigenvalue weighted by Crippen LogP contribution is 2.30. The molecular formula is C16H20F3N5O. The zero-order valence-corrected chi connectivity index (χ0v) is 14.1. The third kappa shape index (κ3) is 3.69. The topological polar surface area (TPSA) is 75.6 Å². The Hall–Kier alpha value is -2.32. The number of rotatable bonds is 5. The summed E-state index contributed by atoms with van der Waals surface area (Å²) in [4.78, 5) is 12.3. The van der Waals surface area contributed by atoms with Gasteiger partial charge < -0.3 is 5.32 Å². The summed E-state index contributed by atoms with van der Waals surface area (Å²) in [6, 6.07) is 1.03. The number of nitrogens with zero attached hydrogens (tertiary/aromatic N) is 3. The predicted molar refractivity (Wildman–Crippen MR) is 84.1 cm³/mol. The standard InChI is InChI=1S/C16H20F3N5O/c1-9(8-24-13(16(17,18)19)6-10(2)23-24)7-20-15(25)14-11-4-3-5-12(11)21-22-14/h6,9H,3-5,7-8H2,1-2H3,(H,20,25)(H,21,22)/t9-/m1/s1. The van der Waals surface area contributed by atoms with Crippen molar-refractivity contribution in [3.8, 4) is 0 Å². The van der Waals surface area contributed by atoms with Crippen LogP contribution in [-0.2, 0) is 25.6 Å². The van der Waals surface area contributed by atoms with Crippen LogP contribution in [0.4, 0.5) is 13.2 Å². The fourth-order valence-electron chi connectivity index (χ4n) is 3.13. The van der Waals surface area contributed by atoms with Crippen LogP contribution in [0.3, 0.4) is 0 Å². The molecule has 2 heterocycles. The number of aromatic nitrogens is 4. The molecule has 0 spiro atoms. The molecule has 1 aliphatic rings. The van der Waals surface area contributed by atoms with E-state index in [-0.39, 0.29) is 24.9 Å². The number of halogens is 3. The molecule has 2 N–H and O–H groups in total. The molecule has 0 aliphatic heterocycles. The zero-order valence-electron chi connectivity index (χ0n) is 14.1. The van der Waals surface area contributed by atoms with E-state index in [1.165, 1.54) is 6.92 Å². The molecule has 3 rings (SSSR count). The third-order valence-corrected chi connectivity index (χ3v) is 4.31. The molecule has 0 fully saturated rings. The van der Waals surface area contributed by atoms with Crippen molar-refractivity contribution in [2.45, 2.75) is 45.8 Å². The van der Waals surface area contributed by atoms with E-state index >= 15 is 0 Å². The van der Waals surface area contributed by atoms with Gasteiger partial charge in [-0.3, -0.25) is 14.6 Å². The number of fused-ring (bicyclic) bond motifs is 1. The monoisotopic (exact) mass is 355 g/mol. The summed E-state index contributed by atoms with van der Waals surface area (Å²) < 4.78 is 39.9. The van der Waals surface area contributed by atoms with Crippen LogP contribution < -0.4 is 5.32 Å². The smallest absolute Gasteiger partial charge is 0.350 e. The number of amides is 1. The van der Waals surface area contributed by atoms with Crippen molar-refractivity contribution >= 4 is 5.91 Å². The highest BCUT2D eigenvalue weighted by atomic mass is 19.4. The van der Waals surface area contributed by atoms with Gasteiger partial charge in [-0.15, -0.1) is 0 Å². The highest BCUT2D eigenvalue weighted by molar-refractivity contribution is 5.94. The van der Waals surface area contributed by atoms with Gasteiger partial charge in [0.25, 0.3) is 5.91 Å². The number of carbonyl (C=O) groups is 1. The fraction of sp³-hybridized carbons (Fsp3) is 0.562. The van der Waals surface area contributed by atoms with Crippen molar-refractivity contribution in [1.82, 2.24) is 25.3 Å². The minimum absolute atomic E-state index is 0.0711. The minimum Gasteiger partial charge on any atom is -0.350 e. The summed E-state index contributed by atoms with van der Waals surface area (Å²) in [7, 11) is 0. The highest BCUT2D eigenvalue weighted by Gasteiger charge is 2.35. The van der Waals surface area contributed by atoms with Gasteiger partial charge in [0.05, 0.1) is 5.69 Å². The predicted octanol–water partition coefficient (Wildman–Crippen LogP) is 2.49. The molecule has 0 bridgehead atoms. The lowest BCUT2D eigenvalue weighted by atomic mass is 10.1. The molecule has 0 radical (unpaired) electrons. The Bertz CT molecular complexity index is 777. The molecular weight excluding hydrogens is 335 g/mol. The van der Waals surface area contributed by atoms with Crippen LogP contribution in [0, 0.1) is 12.8 Å². The molecule has 0 unspecified atom stereocenters. The maximum atomic E-state index is 13.0. The van der Waals surface area contributed by atoms with Gasteiger partial charge in [0.1, 0.15) is 5.69 Å². The quantitative estimate of drug-likeness (QED) is 0.865. The van der Waals surface area contributed by atoms with E-state index in [0.717, 1.165) is 41.3 Å². The number of aryl methyl sites for hydroxylation is 2. The number of aromatic amines is 1. The molecule has 0 aromatic carbocycles. The summed E-state index contributed by atoms with van der Waals surface area (Å²) in [6.07, 6.45) is -1.73. The van der Waals surface area contributed by atoms with Gasteiger partial charge in [0, 0.05) is 24.3 Å². The van der Waals surface area contributed by atoms with Gasteiger partial charge >= 0.3 is 6.18 Å². The van der Waals surface area contributed by atoms with Crippen molar-refractivity contribution in [2.24, 2.45) is 5.92 Å². The van der Waals surface area contributed by atoms with Gasteiger partial charge in [-0.25, -0.2) is 0 Å². The van der Waals surface area contributed by atoms with Crippen molar-refractivity contribution in [3.63, 3.8) is 0 Å². The van der Waals surface area contributed by atoms with Crippen LogP contribution in [0.25, 0.3) is 0 Å². The van der Waals surface area contributed by atoms with E-state index in [4.69, 9.17) is 0 Å². The lowest BCUT2D eigenvalue weighted by Gasteiger charge is -2.15. The van der Waals surface area contributed by atoms with Crippen molar-refractivity contribution in [1.29, 1.82) is 0 Å². The van der Waals surface area contributed by atoms with Crippen LogP contribution >= 0.6 is 0 Å². The molecule has 1 atom stereocenters. The second-order valence-electron chi connectivity index (χ2n) is 6.55. The van der Waals surface area contributed by atoms with E-state index in [1.54, 1.807) is 6.92 Å². The average molecular weight is 355 g/mol. The number of hydrogen-bond acceptors (Lipinski definition) is 3. The molecule has 6 nitrogen and oxygen atoms in total. The Labute approximate surface area is 142 Å². The maximum Gasteiger partial charge on any atom is 0.433 e. The van der Waals surface area contributed by atoms with E-state index < -0.39 is 11.9 Å². The molecule has 9 heteroatoms.